The van der Waals surface area contributed by atoms with E-state index in [1.807, 2.05) is 38.2 Å². The number of hydrogen-bond donors (Lipinski definition) is 2. The van der Waals surface area contributed by atoms with Crippen LogP contribution in [0.25, 0.3) is 10.2 Å². The van der Waals surface area contributed by atoms with Crippen LogP contribution < -0.4 is 19.7 Å². The molecule has 1 aliphatic rings. The van der Waals surface area contributed by atoms with Crippen molar-refractivity contribution in [1.29, 1.82) is 0 Å². The second-order valence-corrected chi connectivity index (χ2v) is 7.49. The van der Waals surface area contributed by atoms with Crippen LogP contribution in [0.2, 0.25) is 0 Å². The molecule has 0 saturated carbocycles. The monoisotopic (exact) mass is 370 g/mol. The van der Waals surface area contributed by atoms with Crippen LogP contribution in [-0.2, 0) is 11.3 Å². The van der Waals surface area contributed by atoms with E-state index in [1.54, 1.807) is 23.5 Å². The van der Waals surface area contributed by atoms with Gasteiger partial charge in [0.15, 0.2) is 17.5 Å². The molecule has 0 spiro atoms. The maximum absolute atomic E-state index is 12.6. The number of benzene rings is 2. The number of thiazole rings is 1. The predicted molar refractivity (Wildman–Crippen MR) is 101 cm³/mol. The number of nitrogens with zero attached hydrogens (tertiary/aromatic N) is 1. The van der Waals surface area contributed by atoms with Crippen LogP contribution >= 0.6 is 11.3 Å². The molecule has 6 nitrogen and oxygen atoms in total. The van der Waals surface area contributed by atoms with Crippen LogP contribution in [0.3, 0.4) is 0 Å². The number of nitrogens with one attached hydrogen (secondary N) is 2. The van der Waals surface area contributed by atoms with E-state index in [2.05, 4.69) is 16.4 Å². The summed E-state index contributed by atoms with van der Waals surface area (Å²) in [6.45, 7) is 2.85. The third-order valence-electron chi connectivity index (χ3n) is 4.54. The molecular weight excluding hydrogens is 350 g/mol. The molecule has 1 aliphatic heterocycles. The summed E-state index contributed by atoms with van der Waals surface area (Å²) in [6, 6.07) is 13.3. The molecule has 2 atom stereocenters. The molecule has 0 fully saturated rings. The minimum absolute atomic E-state index is 0.0394. The fraction of sp³-hybridized carbons (Fsp3) is 0.263. The maximum Gasteiger partial charge on any atom is 0.282 e. The van der Waals surface area contributed by atoms with E-state index in [1.165, 1.54) is 4.70 Å². The summed E-state index contributed by atoms with van der Waals surface area (Å²) in [5.74, 6) is 1.32. The van der Waals surface area contributed by atoms with Crippen LogP contribution in [0.4, 0.5) is 5.69 Å². The molecule has 3 aromatic rings. The van der Waals surface area contributed by atoms with Gasteiger partial charge in [-0.25, -0.2) is 4.98 Å². The number of likely N-dealkylation sites (N-methyl/N-ethyl adjacent to an activating group) is 1. The molecule has 2 aromatic carbocycles. The van der Waals surface area contributed by atoms with Gasteiger partial charge in [0.05, 0.1) is 17.3 Å². The second kappa shape index (κ2) is 6.93. The van der Waals surface area contributed by atoms with Crippen molar-refractivity contribution in [3.8, 4) is 11.5 Å². The smallest absolute Gasteiger partial charge is 0.282 e. The summed E-state index contributed by atoms with van der Waals surface area (Å²) in [5.41, 5.74) is 1.72. The number of carbonyl (C=O) groups excluding carboxylic acids is 1. The molecule has 4 rings (SSSR count). The zero-order chi connectivity index (χ0) is 18.1. The highest BCUT2D eigenvalue weighted by atomic mass is 32.1. The molecular formula is C19H20N3O3S+. The van der Waals surface area contributed by atoms with Gasteiger partial charge in [0.1, 0.15) is 11.6 Å². The highest BCUT2D eigenvalue weighted by Gasteiger charge is 2.24. The first kappa shape index (κ1) is 16.8. The van der Waals surface area contributed by atoms with Crippen LogP contribution in [0.15, 0.2) is 42.5 Å². The lowest BCUT2D eigenvalue weighted by Crippen LogP contribution is -3.12. The van der Waals surface area contributed by atoms with Gasteiger partial charge in [0, 0.05) is 11.8 Å². The zero-order valence-corrected chi connectivity index (χ0v) is 15.4. The van der Waals surface area contributed by atoms with Crippen LogP contribution in [0, 0.1) is 0 Å². The topological polar surface area (TPSA) is 64.9 Å². The van der Waals surface area contributed by atoms with E-state index in [9.17, 15) is 4.79 Å². The Hall–Kier alpha value is -2.64. The largest absolute Gasteiger partial charge is 0.454 e. The van der Waals surface area contributed by atoms with E-state index in [4.69, 9.17) is 9.47 Å². The standard InChI is InChI=1S/C19H19N3O3S/c1-12(19(23)20-13-7-8-15-16(9-13)25-11-24-15)22(2)10-18-21-14-5-3-4-6-17(14)26-18/h3-9,12H,10-11H2,1-2H3,(H,20,23)/p+1/t12-/m0/s1. The fourth-order valence-corrected chi connectivity index (χ4v) is 3.90. The lowest BCUT2D eigenvalue weighted by Gasteiger charge is -2.20. The van der Waals surface area contributed by atoms with Crippen molar-refractivity contribution in [2.24, 2.45) is 0 Å². The van der Waals surface area contributed by atoms with Gasteiger partial charge in [-0.2, -0.15) is 0 Å². The van der Waals surface area contributed by atoms with Crippen molar-refractivity contribution >= 4 is 33.1 Å². The van der Waals surface area contributed by atoms with Gasteiger partial charge in [-0.1, -0.05) is 12.1 Å². The van der Waals surface area contributed by atoms with Gasteiger partial charge in [0.25, 0.3) is 5.91 Å². The van der Waals surface area contributed by atoms with Crippen LogP contribution in [0.5, 0.6) is 11.5 Å². The third-order valence-corrected chi connectivity index (χ3v) is 5.58. The number of quaternary nitrogens is 1. The first-order chi connectivity index (χ1) is 12.6. The van der Waals surface area contributed by atoms with Gasteiger partial charge in [-0.3, -0.25) is 4.79 Å². The van der Waals surface area contributed by atoms with E-state index in [0.717, 1.165) is 15.4 Å². The third kappa shape index (κ3) is 3.36. The first-order valence-electron chi connectivity index (χ1n) is 8.47. The molecule has 0 radical (unpaired) electrons. The molecule has 1 unspecified atom stereocenters. The van der Waals surface area contributed by atoms with Crippen molar-refractivity contribution in [3.05, 3.63) is 47.5 Å². The number of hydrogen-bond acceptors (Lipinski definition) is 5. The Kier molecular flexibility index (Phi) is 4.48. The van der Waals surface area contributed by atoms with Crippen molar-refractivity contribution in [3.63, 3.8) is 0 Å². The number of amides is 1. The Balaban J connectivity index is 1.40. The Morgan fingerprint density at radius 2 is 2.08 bits per heavy atom. The Morgan fingerprint density at radius 1 is 1.27 bits per heavy atom. The van der Waals surface area contributed by atoms with Crippen molar-refractivity contribution in [1.82, 2.24) is 4.98 Å². The van der Waals surface area contributed by atoms with Gasteiger partial charge in [-0.15, -0.1) is 11.3 Å². The average Bonchev–Trinajstić information content (AvgIpc) is 3.26. The molecule has 1 amide bonds. The second-order valence-electron chi connectivity index (χ2n) is 6.38. The molecule has 2 heterocycles. The molecule has 7 heteroatoms. The molecule has 1 aromatic heterocycles. The summed E-state index contributed by atoms with van der Waals surface area (Å²) >= 11 is 1.68. The Morgan fingerprint density at radius 3 is 2.92 bits per heavy atom. The quantitative estimate of drug-likeness (QED) is 0.722. The zero-order valence-electron chi connectivity index (χ0n) is 14.6. The Labute approximate surface area is 155 Å². The SMILES string of the molecule is C[C@@H](C(=O)Nc1ccc2c(c1)OCO2)[NH+](C)Cc1nc2ccccc2s1. The summed E-state index contributed by atoms with van der Waals surface area (Å²) < 4.78 is 11.8. The number of para-hydroxylation sites is 1. The maximum atomic E-state index is 12.6. The summed E-state index contributed by atoms with van der Waals surface area (Å²) in [4.78, 5) is 18.3. The molecule has 26 heavy (non-hydrogen) atoms. The Bertz CT molecular complexity index is 923. The molecule has 0 aliphatic carbocycles. The highest BCUT2D eigenvalue weighted by Crippen LogP contribution is 2.34. The molecule has 134 valence electrons. The van der Waals surface area contributed by atoms with Gasteiger partial charge >= 0.3 is 0 Å². The average molecular weight is 370 g/mol. The summed E-state index contributed by atoms with van der Waals surface area (Å²) in [6.07, 6.45) is 0. The number of carbonyl (C=O) groups is 1. The number of fused-ring (bicyclic) bond motifs is 2. The van der Waals surface area contributed by atoms with Crippen LogP contribution in [-0.4, -0.2) is 30.8 Å². The normalized spacial score (nSPS) is 15.0. The number of ether oxygens (including phenoxy) is 2. The van der Waals surface area contributed by atoms with Gasteiger partial charge in [-0.05, 0) is 31.2 Å². The molecule has 0 saturated heterocycles. The van der Waals surface area contributed by atoms with Gasteiger partial charge in [0.2, 0.25) is 6.79 Å². The lowest BCUT2D eigenvalue weighted by molar-refractivity contribution is -0.907. The number of anilines is 1. The summed E-state index contributed by atoms with van der Waals surface area (Å²) in [5, 5.41) is 3.99. The first-order valence-corrected chi connectivity index (χ1v) is 9.29. The van der Waals surface area contributed by atoms with E-state index in [0.29, 0.717) is 23.7 Å². The molecule has 2 N–H and O–H groups in total. The van der Waals surface area contributed by atoms with E-state index in [-0.39, 0.29) is 18.7 Å². The van der Waals surface area contributed by atoms with Crippen molar-refractivity contribution in [2.75, 3.05) is 19.2 Å². The number of aromatic nitrogens is 1. The molecule has 0 bridgehead atoms. The predicted octanol–water partition coefficient (Wildman–Crippen LogP) is 2.07. The van der Waals surface area contributed by atoms with Crippen LogP contribution in [0.1, 0.15) is 11.9 Å². The van der Waals surface area contributed by atoms with Gasteiger partial charge < -0.3 is 19.7 Å². The highest BCUT2D eigenvalue weighted by molar-refractivity contribution is 7.18. The minimum atomic E-state index is -0.215. The lowest BCUT2D eigenvalue weighted by atomic mass is 10.2. The van der Waals surface area contributed by atoms with E-state index >= 15 is 0 Å². The van der Waals surface area contributed by atoms with E-state index < -0.39 is 0 Å². The fourth-order valence-electron chi connectivity index (χ4n) is 2.84. The number of rotatable bonds is 5. The minimum Gasteiger partial charge on any atom is -0.454 e. The summed E-state index contributed by atoms with van der Waals surface area (Å²) in [7, 11) is 2.01. The van der Waals surface area contributed by atoms with Crippen molar-refractivity contribution < 1.29 is 19.2 Å². The van der Waals surface area contributed by atoms with Crippen molar-refractivity contribution in [2.45, 2.75) is 19.5 Å².